The molecule has 0 heterocycles. The molecule has 0 spiro atoms. The third kappa shape index (κ3) is 2.98. The molecule has 0 radical (unpaired) electrons. The van der Waals surface area contributed by atoms with Gasteiger partial charge in [0.25, 0.3) is 0 Å². The normalized spacial score (nSPS) is 9.40. The molecule has 1 aromatic carbocycles. The van der Waals surface area contributed by atoms with E-state index >= 15 is 0 Å². The number of aldehydes is 1. The maximum Gasteiger partial charge on any atom is 0.248 e. The first-order valence-electron chi connectivity index (χ1n) is 4.22. The number of carbonyl (C=O) groups is 2. The second-order valence-electron chi connectivity index (χ2n) is 2.74. The number of carbonyl (C=O) groups excluding carboxylic acids is 2. The molecule has 2 N–H and O–H groups in total. The van der Waals surface area contributed by atoms with Crippen LogP contribution in [0.1, 0.15) is 10.4 Å². The summed E-state index contributed by atoms with van der Waals surface area (Å²) in [7, 11) is 1.46. The monoisotopic (exact) mass is 209 g/mol. The lowest BCUT2D eigenvalue weighted by molar-refractivity contribution is -0.109. The predicted octanol–water partition coefficient (Wildman–Crippen LogP) is 0.372. The van der Waals surface area contributed by atoms with Crippen molar-refractivity contribution < 1.29 is 19.1 Å². The van der Waals surface area contributed by atoms with E-state index in [2.05, 4.69) is 0 Å². The van der Waals surface area contributed by atoms with Crippen molar-refractivity contribution in [3.8, 4) is 11.5 Å². The fourth-order valence-corrected chi connectivity index (χ4v) is 1.05. The molecule has 0 saturated heterocycles. The van der Waals surface area contributed by atoms with Crippen molar-refractivity contribution >= 4 is 12.2 Å². The van der Waals surface area contributed by atoms with Gasteiger partial charge < -0.3 is 15.2 Å². The summed E-state index contributed by atoms with van der Waals surface area (Å²) < 4.78 is 9.98. The van der Waals surface area contributed by atoms with E-state index in [0.29, 0.717) is 17.8 Å². The Kier molecular flexibility index (Phi) is 3.68. The van der Waals surface area contributed by atoms with Crippen LogP contribution in [0.25, 0.3) is 0 Å². The number of ether oxygens (including phenoxy) is 2. The number of amides is 1. The number of benzene rings is 1. The van der Waals surface area contributed by atoms with Crippen LogP contribution in [0, 0.1) is 0 Å². The van der Waals surface area contributed by atoms with Crippen molar-refractivity contribution in [2.24, 2.45) is 5.73 Å². The lowest BCUT2D eigenvalue weighted by Gasteiger charge is -2.07. The summed E-state index contributed by atoms with van der Waals surface area (Å²) in [6.07, 6.45) is 0.615. The number of nitrogens with two attached hydrogens (primary N) is 1. The topological polar surface area (TPSA) is 78.6 Å². The highest BCUT2D eigenvalue weighted by atomic mass is 16.5. The Hall–Kier alpha value is -2.04. The summed E-state index contributed by atoms with van der Waals surface area (Å²) in [6.45, 7) is -0.0780. The molecular formula is C10H11NO4. The zero-order valence-electron chi connectivity index (χ0n) is 8.23. The van der Waals surface area contributed by atoms with Gasteiger partial charge in [-0.1, -0.05) is 0 Å². The van der Waals surface area contributed by atoms with E-state index in [1.54, 1.807) is 6.07 Å². The third-order valence-electron chi connectivity index (χ3n) is 1.72. The fourth-order valence-electron chi connectivity index (χ4n) is 1.05. The Balaban J connectivity index is 2.99. The second-order valence-corrected chi connectivity index (χ2v) is 2.74. The molecule has 5 heteroatoms. The number of hydrogen-bond donors (Lipinski definition) is 1. The summed E-state index contributed by atoms with van der Waals surface area (Å²) >= 11 is 0. The first-order valence-corrected chi connectivity index (χ1v) is 4.22. The van der Waals surface area contributed by atoms with Gasteiger partial charge in [0, 0.05) is 11.6 Å². The maximum absolute atomic E-state index is 10.9. The summed E-state index contributed by atoms with van der Waals surface area (Å²) in [5.41, 5.74) is 5.39. The predicted molar refractivity (Wildman–Crippen MR) is 53.1 cm³/mol. The van der Waals surface area contributed by atoms with Crippen LogP contribution >= 0.6 is 0 Å². The smallest absolute Gasteiger partial charge is 0.248 e. The number of methoxy groups -OCH3 is 1. The average Bonchev–Trinajstić information content (AvgIpc) is 2.25. The highest BCUT2D eigenvalue weighted by Gasteiger charge is 2.06. The molecule has 0 saturated carbocycles. The Morgan fingerprint density at radius 1 is 1.40 bits per heavy atom. The Morgan fingerprint density at radius 2 is 2.07 bits per heavy atom. The summed E-state index contributed by atoms with van der Waals surface area (Å²) in [4.78, 5) is 21.0. The van der Waals surface area contributed by atoms with Gasteiger partial charge in [-0.3, -0.25) is 9.59 Å². The van der Waals surface area contributed by atoms with Gasteiger partial charge >= 0.3 is 0 Å². The van der Waals surface area contributed by atoms with Crippen molar-refractivity contribution in [2.45, 2.75) is 0 Å². The van der Waals surface area contributed by atoms with E-state index in [4.69, 9.17) is 15.2 Å². The van der Waals surface area contributed by atoms with Crippen molar-refractivity contribution in [3.63, 3.8) is 0 Å². The molecule has 15 heavy (non-hydrogen) atoms. The Labute approximate surface area is 86.8 Å². The minimum atomic E-state index is -0.579. The lowest BCUT2D eigenvalue weighted by Crippen LogP contribution is -2.11. The van der Waals surface area contributed by atoms with E-state index in [0.717, 1.165) is 0 Å². The van der Waals surface area contributed by atoms with Gasteiger partial charge in [0.05, 0.1) is 7.11 Å². The quantitative estimate of drug-likeness (QED) is 0.710. The van der Waals surface area contributed by atoms with Gasteiger partial charge in [0.1, 0.15) is 18.1 Å². The zero-order chi connectivity index (χ0) is 11.3. The molecule has 0 atom stereocenters. The van der Waals surface area contributed by atoms with Crippen LogP contribution in [0.2, 0.25) is 0 Å². The number of primary amides is 1. The molecule has 0 fully saturated rings. The van der Waals surface area contributed by atoms with Crippen LogP contribution in [-0.2, 0) is 4.79 Å². The first-order chi connectivity index (χ1) is 7.17. The van der Waals surface area contributed by atoms with E-state index in [1.165, 1.54) is 19.2 Å². The largest absolute Gasteiger partial charge is 0.497 e. The standard InChI is InChI=1S/C10H11NO4/c1-14-8-4-7(10(11)13)5-9(6-8)15-3-2-12/h2,4-6H,3H2,1H3,(H2,11,13). The van der Waals surface area contributed by atoms with E-state index in [1.807, 2.05) is 0 Å². The maximum atomic E-state index is 10.9. The molecule has 1 amide bonds. The SMILES string of the molecule is COc1cc(OCC=O)cc(C(N)=O)c1. The minimum absolute atomic E-state index is 0.0780. The molecule has 0 aliphatic rings. The minimum Gasteiger partial charge on any atom is -0.497 e. The Morgan fingerprint density at radius 3 is 2.60 bits per heavy atom. The third-order valence-corrected chi connectivity index (χ3v) is 1.72. The molecule has 80 valence electrons. The fraction of sp³-hybridized carbons (Fsp3) is 0.200. The summed E-state index contributed by atoms with van der Waals surface area (Å²) in [5, 5.41) is 0. The number of rotatable bonds is 5. The molecule has 5 nitrogen and oxygen atoms in total. The van der Waals surface area contributed by atoms with Crippen molar-refractivity contribution in [1.29, 1.82) is 0 Å². The van der Waals surface area contributed by atoms with Crippen molar-refractivity contribution in [1.82, 2.24) is 0 Å². The molecule has 1 aromatic rings. The van der Waals surface area contributed by atoms with Crippen LogP contribution in [0.3, 0.4) is 0 Å². The van der Waals surface area contributed by atoms with Gasteiger partial charge in [-0.05, 0) is 12.1 Å². The molecule has 0 unspecified atom stereocenters. The van der Waals surface area contributed by atoms with Gasteiger partial charge in [-0.2, -0.15) is 0 Å². The summed E-state index contributed by atoms with van der Waals surface area (Å²) in [6, 6.07) is 4.51. The zero-order valence-corrected chi connectivity index (χ0v) is 8.23. The molecule has 0 bridgehead atoms. The van der Waals surface area contributed by atoms with Crippen molar-refractivity contribution in [2.75, 3.05) is 13.7 Å². The lowest BCUT2D eigenvalue weighted by atomic mass is 10.2. The Bertz CT molecular complexity index is 376. The van der Waals surface area contributed by atoms with Gasteiger partial charge in [0.2, 0.25) is 5.91 Å². The van der Waals surface area contributed by atoms with Gasteiger partial charge in [0.15, 0.2) is 6.29 Å². The molecule has 0 aliphatic heterocycles. The highest BCUT2D eigenvalue weighted by molar-refractivity contribution is 5.93. The second kappa shape index (κ2) is 4.99. The highest BCUT2D eigenvalue weighted by Crippen LogP contribution is 2.22. The van der Waals surface area contributed by atoms with E-state index in [9.17, 15) is 9.59 Å². The van der Waals surface area contributed by atoms with Crippen LogP contribution in [0.15, 0.2) is 18.2 Å². The summed E-state index contributed by atoms with van der Waals surface area (Å²) in [5.74, 6) is 0.243. The van der Waals surface area contributed by atoms with Crippen LogP contribution in [-0.4, -0.2) is 25.9 Å². The van der Waals surface area contributed by atoms with Crippen LogP contribution in [0.5, 0.6) is 11.5 Å². The van der Waals surface area contributed by atoms with Crippen LogP contribution in [0.4, 0.5) is 0 Å². The average molecular weight is 209 g/mol. The molecular weight excluding hydrogens is 198 g/mol. The van der Waals surface area contributed by atoms with Gasteiger partial charge in [-0.25, -0.2) is 0 Å². The first kappa shape index (κ1) is 11.0. The molecule has 0 aliphatic carbocycles. The molecule has 0 aromatic heterocycles. The van der Waals surface area contributed by atoms with E-state index < -0.39 is 5.91 Å². The molecule has 1 rings (SSSR count). The van der Waals surface area contributed by atoms with Crippen LogP contribution < -0.4 is 15.2 Å². The number of hydrogen-bond acceptors (Lipinski definition) is 4. The van der Waals surface area contributed by atoms with E-state index in [-0.39, 0.29) is 12.2 Å². The van der Waals surface area contributed by atoms with Gasteiger partial charge in [-0.15, -0.1) is 0 Å². The van der Waals surface area contributed by atoms with Crippen molar-refractivity contribution in [3.05, 3.63) is 23.8 Å².